The van der Waals surface area contributed by atoms with Gasteiger partial charge >= 0.3 is 6.09 Å². The third-order valence-corrected chi connectivity index (χ3v) is 7.79. The standard InChI is InChI=1S/C24H32N2O3/c27-22(16-24-13-19-10-20(14-24)12-21(11-19)15-24)25-6-8-26(9-7-25)23(28)29-17-18-4-2-1-3-5-18/h1-5,19-21H,6-17H2. The van der Waals surface area contributed by atoms with Crippen LogP contribution in [0.2, 0.25) is 0 Å². The van der Waals surface area contributed by atoms with Crippen molar-refractivity contribution < 1.29 is 14.3 Å². The molecule has 0 spiro atoms. The number of piperazine rings is 1. The van der Waals surface area contributed by atoms with E-state index in [1.165, 1.54) is 38.5 Å². The van der Waals surface area contributed by atoms with Crippen molar-refractivity contribution in [2.75, 3.05) is 26.2 Å². The first kappa shape index (κ1) is 19.0. The molecule has 1 heterocycles. The highest BCUT2D eigenvalue weighted by Gasteiger charge is 2.51. The van der Waals surface area contributed by atoms with Crippen LogP contribution in [0, 0.1) is 23.2 Å². The van der Waals surface area contributed by atoms with Crippen molar-refractivity contribution in [1.82, 2.24) is 9.80 Å². The molecule has 2 amide bonds. The van der Waals surface area contributed by atoms with Crippen molar-refractivity contribution in [3.63, 3.8) is 0 Å². The Bertz CT molecular complexity index is 719. The first-order valence-electron chi connectivity index (χ1n) is 11.3. The second-order valence-electron chi connectivity index (χ2n) is 10.0. The van der Waals surface area contributed by atoms with Gasteiger partial charge in [0.2, 0.25) is 5.91 Å². The van der Waals surface area contributed by atoms with Gasteiger partial charge in [0.25, 0.3) is 0 Å². The molecule has 4 aliphatic carbocycles. The highest BCUT2D eigenvalue weighted by molar-refractivity contribution is 5.77. The Morgan fingerprint density at radius 1 is 0.862 bits per heavy atom. The molecule has 0 atom stereocenters. The molecule has 1 aromatic rings. The Hall–Kier alpha value is -2.04. The fraction of sp³-hybridized carbons (Fsp3) is 0.667. The number of carbonyl (C=O) groups excluding carboxylic acids is 2. The van der Waals surface area contributed by atoms with Gasteiger partial charge in [0, 0.05) is 32.6 Å². The highest BCUT2D eigenvalue weighted by atomic mass is 16.6. The predicted octanol–water partition coefficient (Wildman–Crippen LogP) is 4.07. The number of carbonyl (C=O) groups is 2. The number of benzene rings is 1. The summed E-state index contributed by atoms with van der Waals surface area (Å²) >= 11 is 0. The van der Waals surface area contributed by atoms with Crippen molar-refractivity contribution in [3.05, 3.63) is 35.9 Å². The lowest BCUT2D eigenvalue weighted by molar-refractivity contribution is -0.141. The minimum atomic E-state index is -0.276. The molecule has 4 saturated carbocycles. The average Bonchev–Trinajstić information content (AvgIpc) is 2.71. The van der Waals surface area contributed by atoms with Gasteiger partial charge in [0.05, 0.1) is 0 Å². The van der Waals surface area contributed by atoms with E-state index in [1.807, 2.05) is 35.2 Å². The molecule has 5 fully saturated rings. The zero-order valence-corrected chi connectivity index (χ0v) is 17.2. The number of rotatable bonds is 4. The summed E-state index contributed by atoms with van der Waals surface area (Å²) in [7, 11) is 0. The van der Waals surface area contributed by atoms with Gasteiger partial charge in [-0.15, -0.1) is 0 Å². The third kappa shape index (κ3) is 4.01. The molecule has 0 aromatic heterocycles. The van der Waals surface area contributed by atoms with Crippen molar-refractivity contribution in [1.29, 1.82) is 0 Å². The zero-order valence-electron chi connectivity index (χ0n) is 17.2. The van der Waals surface area contributed by atoms with Crippen LogP contribution in [0.1, 0.15) is 50.5 Å². The Labute approximate surface area is 173 Å². The minimum absolute atomic E-state index is 0.276. The normalized spacial score (nSPS) is 33.0. The molecule has 156 valence electrons. The molecule has 0 N–H and O–H groups in total. The van der Waals surface area contributed by atoms with Gasteiger partial charge in [0.1, 0.15) is 6.61 Å². The minimum Gasteiger partial charge on any atom is -0.445 e. The Balaban J connectivity index is 1.10. The summed E-state index contributed by atoms with van der Waals surface area (Å²) in [6.45, 7) is 2.70. The molecule has 5 heteroatoms. The van der Waals surface area contributed by atoms with Crippen LogP contribution >= 0.6 is 0 Å². The number of nitrogens with zero attached hydrogens (tertiary/aromatic N) is 2. The van der Waals surface area contributed by atoms with Crippen LogP contribution in [0.5, 0.6) is 0 Å². The van der Waals surface area contributed by atoms with E-state index in [4.69, 9.17) is 4.74 Å². The van der Waals surface area contributed by atoms with Crippen LogP contribution in [0.15, 0.2) is 30.3 Å². The predicted molar refractivity (Wildman–Crippen MR) is 110 cm³/mol. The molecular formula is C24H32N2O3. The smallest absolute Gasteiger partial charge is 0.410 e. The summed E-state index contributed by atoms with van der Waals surface area (Å²) in [6.07, 6.45) is 8.52. The summed E-state index contributed by atoms with van der Waals surface area (Å²) in [4.78, 5) is 29.1. The number of hydrogen-bond donors (Lipinski definition) is 0. The number of amides is 2. The molecule has 6 rings (SSSR count). The van der Waals surface area contributed by atoms with Crippen LogP contribution in [0.4, 0.5) is 4.79 Å². The quantitative estimate of drug-likeness (QED) is 0.771. The van der Waals surface area contributed by atoms with Crippen LogP contribution in [0.3, 0.4) is 0 Å². The fourth-order valence-electron chi connectivity index (χ4n) is 6.89. The Morgan fingerprint density at radius 3 is 2.00 bits per heavy atom. The van der Waals surface area contributed by atoms with E-state index in [2.05, 4.69) is 0 Å². The molecule has 4 bridgehead atoms. The number of ether oxygens (including phenoxy) is 1. The molecule has 1 aliphatic heterocycles. The van der Waals surface area contributed by atoms with Gasteiger partial charge < -0.3 is 14.5 Å². The van der Waals surface area contributed by atoms with Gasteiger partial charge in [-0.05, 0) is 67.3 Å². The maximum Gasteiger partial charge on any atom is 0.410 e. The second kappa shape index (κ2) is 7.66. The lowest BCUT2D eigenvalue weighted by Crippen LogP contribution is -2.53. The van der Waals surface area contributed by atoms with Crippen LogP contribution < -0.4 is 0 Å². The van der Waals surface area contributed by atoms with E-state index in [0.29, 0.717) is 38.7 Å². The van der Waals surface area contributed by atoms with E-state index in [9.17, 15) is 9.59 Å². The molecule has 0 unspecified atom stereocenters. The molecule has 1 aromatic carbocycles. The Morgan fingerprint density at radius 2 is 1.41 bits per heavy atom. The largest absolute Gasteiger partial charge is 0.445 e. The van der Waals surface area contributed by atoms with E-state index in [0.717, 1.165) is 29.7 Å². The summed E-state index contributed by atoms with van der Waals surface area (Å²) in [5.41, 5.74) is 1.28. The summed E-state index contributed by atoms with van der Waals surface area (Å²) in [5, 5.41) is 0. The van der Waals surface area contributed by atoms with Crippen LogP contribution in [-0.4, -0.2) is 48.0 Å². The molecule has 1 saturated heterocycles. The first-order chi connectivity index (χ1) is 14.1. The first-order valence-corrected chi connectivity index (χ1v) is 11.3. The topological polar surface area (TPSA) is 49.9 Å². The average molecular weight is 397 g/mol. The van der Waals surface area contributed by atoms with E-state index in [1.54, 1.807) is 4.90 Å². The maximum atomic E-state index is 13.1. The van der Waals surface area contributed by atoms with E-state index in [-0.39, 0.29) is 11.5 Å². The number of hydrogen-bond acceptors (Lipinski definition) is 3. The van der Waals surface area contributed by atoms with Gasteiger partial charge in [-0.3, -0.25) is 4.79 Å². The molecule has 29 heavy (non-hydrogen) atoms. The van der Waals surface area contributed by atoms with Crippen LogP contribution in [-0.2, 0) is 16.1 Å². The Kier molecular flexibility index (Phi) is 5.00. The summed E-state index contributed by atoms with van der Waals surface area (Å²) in [5.74, 6) is 2.95. The second-order valence-corrected chi connectivity index (χ2v) is 10.0. The summed E-state index contributed by atoms with van der Waals surface area (Å²) < 4.78 is 5.44. The van der Waals surface area contributed by atoms with Gasteiger partial charge in [-0.25, -0.2) is 4.79 Å². The van der Waals surface area contributed by atoms with Crippen LogP contribution in [0.25, 0.3) is 0 Å². The zero-order chi connectivity index (χ0) is 19.8. The molecule has 0 radical (unpaired) electrons. The summed E-state index contributed by atoms with van der Waals surface area (Å²) in [6, 6.07) is 9.74. The third-order valence-electron chi connectivity index (χ3n) is 7.79. The molecule has 5 nitrogen and oxygen atoms in total. The van der Waals surface area contributed by atoms with Crippen molar-refractivity contribution in [2.45, 2.75) is 51.6 Å². The molecule has 5 aliphatic rings. The van der Waals surface area contributed by atoms with Gasteiger partial charge in [0.15, 0.2) is 0 Å². The van der Waals surface area contributed by atoms with E-state index < -0.39 is 0 Å². The van der Waals surface area contributed by atoms with Gasteiger partial charge in [-0.1, -0.05) is 30.3 Å². The van der Waals surface area contributed by atoms with Crippen molar-refractivity contribution in [3.8, 4) is 0 Å². The lowest BCUT2D eigenvalue weighted by Gasteiger charge is -2.57. The maximum absolute atomic E-state index is 13.1. The van der Waals surface area contributed by atoms with Crippen molar-refractivity contribution in [2.24, 2.45) is 23.2 Å². The van der Waals surface area contributed by atoms with Gasteiger partial charge in [-0.2, -0.15) is 0 Å². The SMILES string of the molecule is O=C(CC12CC3CC(CC(C3)C1)C2)N1CCN(C(=O)OCc2ccccc2)CC1. The molecular weight excluding hydrogens is 364 g/mol. The van der Waals surface area contributed by atoms with E-state index >= 15 is 0 Å². The van der Waals surface area contributed by atoms with Crippen molar-refractivity contribution >= 4 is 12.0 Å². The fourth-order valence-corrected chi connectivity index (χ4v) is 6.89. The highest BCUT2D eigenvalue weighted by Crippen LogP contribution is 2.61. The monoisotopic (exact) mass is 396 g/mol. The lowest BCUT2D eigenvalue weighted by atomic mass is 9.49.